The number of benzene rings is 2. The molecule has 1 unspecified atom stereocenters. The first-order valence-electron chi connectivity index (χ1n) is 9.61. The van der Waals surface area contributed by atoms with Gasteiger partial charge in [-0.15, -0.1) is 11.3 Å². The van der Waals surface area contributed by atoms with E-state index in [1.807, 2.05) is 43.3 Å². The van der Waals surface area contributed by atoms with Crippen LogP contribution < -0.4 is 21.3 Å². The monoisotopic (exact) mass is 421 g/mol. The van der Waals surface area contributed by atoms with Gasteiger partial charge in [0.2, 0.25) is 0 Å². The molecule has 154 valence electrons. The molecule has 0 spiro atoms. The SMILES string of the molecule is C=C(NOCc1ccc(C(=O)Nc2ccccc2N)s1)c1cccc2c1CC(C)O2. The normalized spacial score (nSPS) is 14.6. The first kappa shape index (κ1) is 20.0. The Bertz CT molecular complexity index is 1090. The maximum Gasteiger partial charge on any atom is 0.265 e. The predicted octanol–water partition coefficient (Wildman–Crippen LogP) is 4.60. The second kappa shape index (κ2) is 8.61. The Labute approximate surface area is 179 Å². The predicted molar refractivity (Wildman–Crippen MR) is 120 cm³/mol. The molecule has 2 heterocycles. The molecule has 0 saturated heterocycles. The summed E-state index contributed by atoms with van der Waals surface area (Å²) in [5.74, 6) is 0.700. The Hall–Kier alpha value is -3.29. The summed E-state index contributed by atoms with van der Waals surface area (Å²) < 4.78 is 5.79. The van der Waals surface area contributed by atoms with E-state index in [4.69, 9.17) is 15.3 Å². The fraction of sp³-hybridized carbons (Fsp3) is 0.174. The number of carbonyl (C=O) groups excluding carboxylic acids is 1. The number of fused-ring (bicyclic) bond motifs is 1. The van der Waals surface area contributed by atoms with Crippen molar-refractivity contribution in [2.24, 2.45) is 0 Å². The molecular weight excluding hydrogens is 398 g/mol. The number of carbonyl (C=O) groups is 1. The maximum atomic E-state index is 12.4. The zero-order valence-electron chi connectivity index (χ0n) is 16.6. The molecule has 0 fully saturated rings. The molecule has 1 atom stereocenters. The molecule has 0 aliphatic carbocycles. The number of hydrogen-bond donors (Lipinski definition) is 3. The molecule has 0 radical (unpaired) electrons. The molecule has 1 aliphatic heterocycles. The van der Waals surface area contributed by atoms with Gasteiger partial charge in [0, 0.05) is 22.4 Å². The fourth-order valence-corrected chi connectivity index (χ4v) is 4.15. The van der Waals surface area contributed by atoms with Crippen molar-refractivity contribution in [3.05, 3.63) is 82.1 Å². The molecule has 7 heteroatoms. The van der Waals surface area contributed by atoms with Crippen LogP contribution in [0.4, 0.5) is 11.4 Å². The molecule has 4 N–H and O–H groups in total. The van der Waals surface area contributed by atoms with Crippen molar-refractivity contribution < 1.29 is 14.4 Å². The average Bonchev–Trinajstić information content (AvgIpc) is 3.35. The summed E-state index contributed by atoms with van der Waals surface area (Å²) in [7, 11) is 0. The topological polar surface area (TPSA) is 85.6 Å². The van der Waals surface area contributed by atoms with Crippen molar-refractivity contribution in [3.63, 3.8) is 0 Å². The number of para-hydroxylation sites is 2. The van der Waals surface area contributed by atoms with Crippen LogP contribution in [-0.2, 0) is 17.9 Å². The lowest BCUT2D eigenvalue weighted by atomic mass is 10.0. The zero-order chi connectivity index (χ0) is 21.1. The fourth-order valence-electron chi connectivity index (χ4n) is 3.34. The summed E-state index contributed by atoms with van der Waals surface area (Å²) in [6.45, 7) is 6.44. The van der Waals surface area contributed by atoms with Gasteiger partial charge in [0.15, 0.2) is 0 Å². The summed E-state index contributed by atoms with van der Waals surface area (Å²) in [6.07, 6.45) is 1.01. The number of rotatable bonds is 7. The first-order chi connectivity index (χ1) is 14.5. The highest BCUT2D eigenvalue weighted by atomic mass is 32.1. The quantitative estimate of drug-likeness (QED) is 0.384. The number of ether oxygens (including phenoxy) is 1. The summed E-state index contributed by atoms with van der Waals surface area (Å²) in [5.41, 5.74) is 12.7. The Morgan fingerprint density at radius 2 is 2.07 bits per heavy atom. The van der Waals surface area contributed by atoms with Gasteiger partial charge in [-0.1, -0.05) is 30.8 Å². The van der Waals surface area contributed by atoms with Crippen LogP contribution in [0.25, 0.3) is 5.70 Å². The number of hydroxylamine groups is 1. The van der Waals surface area contributed by atoms with Crippen LogP contribution in [0, 0.1) is 0 Å². The standard InChI is InChI=1S/C23H23N3O3S/c1-14-12-18-17(6-5-9-21(18)29-14)15(2)26-28-13-16-10-11-22(30-16)23(27)25-20-8-4-3-7-19(20)24/h3-11,14,26H,2,12-13,24H2,1H3,(H,25,27). The third-order valence-corrected chi connectivity index (χ3v) is 5.84. The molecule has 1 aromatic heterocycles. The van der Waals surface area contributed by atoms with Crippen molar-refractivity contribution in [1.82, 2.24) is 5.48 Å². The average molecular weight is 422 g/mol. The van der Waals surface area contributed by atoms with E-state index in [2.05, 4.69) is 17.4 Å². The van der Waals surface area contributed by atoms with E-state index in [0.29, 0.717) is 28.6 Å². The van der Waals surface area contributed by atoms with Crippen molar-refractivity contribution >= 4 is 34.3 Å². The lowest BCUT2D eigenvalue weighted by molar-refractivity contribution is 0.0666. The lowest BCUT2D eigenvalue weighted by Gasteiger charge is -2.12. The van der Waals surface area contributed by atoms with Crippen LogP contribution in [0.1, 0.15) is 32.6 Å². The Kier molecular flexibility index (Phi) is 5.74. The van der Waals surface area contributed by atoms with Gasteiger partial charge in [-0.25, -0.2) is 0 Å². The minimum atomic E-state index is -0.199. The Morgan fingerprint density at radius 3 is 2.90 bits per heavy atom. The summed E-state index contributed by atoms with van der Waals surface area (Å²) in [6, 6.07) is 16.7. The molecular formula is C23H23N3O3S. The zero-order valence-corrected chi connectivity index (χ0v) is 17.4. The maximum absolute atomic E-state index is 12.4. The van der Waals surface area contributed by atoms with Crippen LogP contribution in [-0.4, -0.2) is 12.0 Å². The third kappa shape index (κ3) is 4.32. The van der Waals surface area contributed by atoms with Gasteiger partial charge < -0.3 is 15.8 Å². The van der Waals surface area contributed by atoms with Crippen LogP contribution >= 0.6 is 11.3 Å². The van der Waals surface area contributed by atoms with Gasteiger partial charge in [0.1, 0.15) is 18.5 Å². The van der Waals surface area contributed by atoms with Crippen LogP contribution in [0.15, 0.2) is 61.2 Å². The van der Waals surface area contributed by atoms with Gasteiger partial charge in [-0.3, -0.25) is 15.1 Å². The Balaban J connectivity index is 1.32. The van der Waals surface area contributed by atoms with Gasteiger partial charge in [0.05, 0.1) is 21.9 Å². The van der Waals surface area contributed by atoms with E-state index in [9.17, 15) is 4.79 Å². The molecule has 0 bridgehead atoms. The molecule has 3 aromatic rings. The number of hydrogen-bond acceptors (Lipinski definition) is 6. The van der Waals surface area contributed by atoms with E-state index in [1.54, 1.807) is 18.2 Å². The number of nitrogens with one attached hydrogen (secondary N) is 2. The van der Waals surface area contributed by atoms with Gasteiger partial charge in [-0.05, 0) is 37.3 Å². The summed E-state index contributed by atoms with van der Waals surface area (Å²) in [4.78, 5) is 19.6. The van der Waals surface area contributed by atoms with Crippen molar-refractivity contribution in [2.45, 2.75) is 26.1 Å². The number of thiophene rings is 1. The second-order valence-corrected chi connectivity index (χ2v) is 8.26. The highest BCUT2D eigenvalue weighted by molar-refractivity contribution is 7.14. The minimum absolute atomic E-state index is 0.164. The highest BCUT2D eigenvalue weighted by Crippen LogP contribution is 2.33. The van der Waals surface area contributed by atoms with Gasteiger partial charge in [-0.2, -0.15) is 0 Å². The van der Waals surface area contributed by atoms with E-state index in [1.165, 1.54) is 11.3 Å². The van der Waals surface area contributed by atoms with E-state index in [-0.39, 0.29) is 12.0 Å². The van der Waals surface area contributed by atoms with E-state index in [0.717, 1.165) is 28.2 Å². The Morgan fingerprint density at radius 1 is 1.23 bits per heavy atom. The number of anilines is 2. The summed E-state index contributed by atoms with van der Waals surface area (Å²) >= 11 is 1.37. The molecule has 30 heavy (non-hydrogen) atoms. The number of nitrogens with two attached hydrogens (primary N) is 1. The van der Waals surface area contributed by atoms with E-state index >= 15 is 0 Å². The van der Waals surface area contributed by atoms with Gasteiger partial charge in [0.25, 0.3) is 5.91 Å². The highest BCUT2D eigenvalue weighted by Gasteiger charge is 2.22. The third-order valence-electron chi connectivity index (χ3n) is 4.78. The van der Waals surface area contributed by atoms with Crippen LogP contribution in [0.3, 0.4) is 0 Å². The van der Waals surface area contributed by atoms with Crippen molar-refractivity contribution in [1.29, 1.82) is 0 Å². The molecule has 2 aromatic carbocycles. The number of nitrogen functional groups attached to an aromatic ring is 1. The lowest BCUT2D eigenvalue weighted by Crippen LogP contribution is -2.13. The molecule has 1 aliphatic rings. The van der Waals surface area contributed by atoms with Crippen LogP contribution in [0.2, 0.25) is 0 Å². The smallest absolute Gasteiger partial charge is 0.265 e. The largest absolute Gasteiger partial charge is 0.490 e. The molecule has 1 amide bonds. The van der Waals surface area contributed by atoms with E-state index < -0.39 is 0 Å². The molecule has 6 nitrogen and oxygen atoms in total. The van der Waals surface area contributed by atoms with Crippen molar-refractivity contribution in [3.8, 4) is 5.75 Å². The molecule has 0 saturated carbocycles. The first-order valence-corrected chi connectivity index (χ1v) is 10.4. The second-order valence-electron chi connectivity index (χ2n) is 7.09. The van der Waals surface area contributed by atoms with Crippen LogP contribution in [0.5, 0.6) is 5.75 Å². The van der Waals surface area contributed by atoms with Crippen molar-refractivity contribution in [2.75, 3.05) is 11.1 Å². The number of amides is 1. The molecule has 4 rings (SSSR count). The minimum Gasteiger partial charge on any atom is -0.490 e. The van der Waals surface area contributed by atoms with Gasteiger partial charge >= 0.3 is 0 Å². The summed E-state index contributed by atoms with van der Waals surface area (Å²) in [5, 5.41) is 2.83.